The van der Waals surface area contributed by atoms with Crippen LogP contribution in [0.15, 0.2) is 77.6 Å². The maximum Gasteiger partial charge on any atom is 0.337 e. The number of methoxy groups -OCH3 is 1. The fourth-order valence-electron chi connectivity index (χ4n) is 4.49. The fraction of sp³-hybridized carbons (Fsp3) is 0.129. The minimum atomic E-state index is -1.51. The lowest BCUT2D eigenvalue weighted by Gasteiger charge is -2.15. The Kier molecular flexibility index (Phi) is 11.4. The van der Waals surface area contributed by atoms with Gasteiger partial charge >= 0.3 is 11.9 Å². The number of rotatable bonds is 15. The zero-order valence-electron chi connectivity index (χ0n) is 25.5. The molecular formula is C31H27FN10O7. The maximum absolute atomic E-state index is 15.0. The Balaban J connectivity index is 1.50. The number of aromatic nitrogens is 4. The zero-order valence-corrected chi connectivity index (χ0v) is 25.5. The van der Waals surface area contributed by atoms with Crippen LogP contribution in [0.4, 0.5) is 15.8 Å². The summed E-state index contributed by atoms with van der Waals surface area (Å²) >= 11 is 0. The molecule has 6 N–H and O–H groups in total. The van der Waals surface area contributed by atoms with Crippen LogP contribution < -0.4 is 15.4 Å². The van der Waals surface area contributed by atoms with Crippen molar-refractivity contribution in [2.45, 2.75) is 19.3 Å². The molecule has 49 heavy (non-hydrogen) atoms. The molecular weight excluding hydrogens is 643 g/mol. The standard InChI is InChI=1S/C31H27FN10O7/c1-49-26-15-25(38-29(44)23-7-8-27(40-39-23)42-11-10-35-16-42)19(30(45)46)12-18(26)5-2-4-17-13-24(20(31(47)48)14-21(17)32)37-28(43)22(33)6-3-9-36-41-34/h3,6-16,33-34H,2,4-5H2,1H3,(H,37,43)(H,38,44)(H,45,46)(H,47,48)/b6-3-,33-22?,36-9?,41-34?. The van der Waals surface area contributed by atoms with Gasteiger partial charge in [0, 0.05) is 18.5 Å². The largest absolute Gasteiger partial charge is 0.496 e. The number of aromatic carboxylic acids is 2. The van der Waals surface area contributed by atoms with Gasteiger partial charge in [-0.05, 0) is 72.9 Å². The van der Waals surface area contributed by atoms with E-state index in [1.165, 1.54) is 37.7 Å². The molecule has 0 unspecified atom stereocenters. The average molecular weight is 671 g/mol. The molecule has 0 spiro atoms. The number of imidazole rings is 1. The molecule has 18 heteroatoms. The quantitative estimate of drug-likeness (QED) is 0.0597. The number of nitrogens with zero attached hydrogens (tertiary/aromatic N) is 6. The number of aryl methyl sites for hydroxylation is 2. The predicted octanol–water partition coefficient (Wildman–Crippen LogP) is 4.17. The second kappa shape index (κ2) is 16.0. The second-order valence-corrected chi connectivity index (χ2v) is 9.96. The highest BCUT2D eigenvalue weighted by Crippen LogP contribution is 2.30. The van der Waals surface area contributed by atoms with Crippen LogP contribution in [0.1, 0.15) is 48.8 Å². The van der Waals surface area contributed by atoms with Crippen LogP contribution in [-0.4, -0.2) is 72.8 Å². The van der Waals surface area contributed by atoms with Gasteiger partial charge in [-0.25, -0.2) is 19.0 Å². The topological polar surface area (TPSA) is 258 Å². The third-order valence-electron chi connectivity index (χ3n) is 6.83. The van der Waals surface area contributed by atoms with Crippen molar-refractivity contribution >= 4 is 47.1 Å². The van der Waals surface area contributed by atoms with E-state index >= 15 is 0 Å². The molecule has 250 valence electrons. The number of carboxylic acids is 2. The molecule has 0 fully saturated rings. The summed E-state index contributed by atoms with van der Waals surface area (Å²) in [5.41, 5.74) is 5.32. The van der Waals surface area contributed by atoms with Gasteiger partial charge in [0.05, 0.1) is 35.8 Å². The van der Waals surface area contributed by atoms with Gasteiger partial charge in [-0.15, -0.1) is 15.3 Å². The molecule has 0 aliphatic heterocycles. The number of hydrogen-bond donors (Lipinski definition) is 6. The average Bonchev–Trinajstić information content (AvgIpc) is 3.63. The molecule has 4 aromatic rings. The Labute approximate surface area is 276 Å². The van der Waals surface area contributed by atoms with E-state index in [0.717, 1.165) is 24.4 Å². The van der Waals surface area contributed by atoms with E-state index < -0.39 is 40.8 Å². The third-order valence-corrected chi connectivity index (χ3v) is 6.83. The molecule has 0 bridgehead atoms. The summed E-state index contributed by atoms with van der Waals surface area (Å²) in [6, 6.07) is 7.53. The minimum absolute atomic E-state index is 0.0385. The number of nitrogens with one attached hydrogen (secondary N) is 4. The van der Waals surface area contributed by atoms with E-state index in [0.29, 0.717) is 11.4 Å². The van der Waals surface area contributed by atoms with Crippen LogP contribution in [0.2, 0.25) is 0 Å². The van der Waals surface area contributed by atoms with Crippen molar-refractivity contribution in [2.75, 3.05) is 17.7 Å². The molecule has 0 saturated carbocycles. The lowest BCUT2D eigenvalue weighted by molar-refractivity contribution is -0.110. The van der Waals surface area contributed by atoms with E-state index in [9.17, 15) is 33.8 Å². The number of ether oxygens (including phenoxy) is 1. The lowest BCUT2D eigenvalue weighted by Crippen LogP contribution is -2.22. The molecule has 2 aromatic carbocycles. The number of allylic oxidation sites excluding steroid dienone is 1. The first-order valence-corrected chi connectivity index (χ1v) is 14.1. The Hall–Kier alpha value is -6.98. The zero-order chi connectivity index (χ0) is 35.5. The number of benzene rings is 2. The number of halogens is 1. The highest BCUT2D eigenvalue weighted by atomic mass is 19.1. The van der Waals surface area contributed by atoms with Crippen LogP contribution in [0, 0.1) is 16.8 Å². The number of anilines is 2. The number of hydrogen-bond acceptors (Lipinski definition) is 11. The molecule has 0 aliphatic carbocycles. The molecule has 17 nitrogen and oxygen atoms in total. The highest BCUT2D eigenvalue weighted by molar-refractivity contribution is 6.46. The normalized spacial score (nSPS) is 11.0. The Morgan fingerprint density at radius 1 is 1.00 bits per heavy atom. The summed E-state index contributed by atoms with van der Waals surface area (Å²) in [5.74, 6) is -4.74. The molecule has 0 atom stereocenters. The van der Waals surface area contributed by atoms with Crippen molar-refractivity contribution in [1.29, 1.82) is 10.9 Å². The van der Waals surface area contributed by atoms with Crippen molar-refractivity contribution < 1.29 is 38.5 Å². The van der Waals surface area contributed by atoms with Gasteiger partial charge in [-0.1, -0.05) is 5.22 Å². The number of amides is 2. The summed E-state index contributed by atoms with van der Waals surface area (Å²) in [7, 11) is 1.36. The molecule has 2 heterocycles. The van der Waals surface area contributed by atoms with Gasteiger partial charge in [-0.2, -0.15) is 5.53 Å². The first-order valence-electron chi connectivity index (χ1n) is 14.1. The summed E-state index contributed by atoms with van der Waals surface area (Å²) in [6.45, 7) is 0. The van der Waals surface area contributed by atoms with Crippen LogP contribution in [0.25, 0.3) is 5.82 Å². The van der Waals surface area contributed by atoms with Gasteiger partial charge in [0.15, 0.2) is 11.5 Å². The number of carbonyl (C=O) groups excluding carboxylic acids is 2. The van der Waals surface area contributed by atoms with E-state index in [1.54, 1.807) is 23.0 Å². The van der Waals surface area contributed by atoms with Crippen molar-refractivity contribution in [3.05, 3.63) is 101 Å². The summed E-state index contributed by atoms with van der Waals surface area (Å²) < 4.78 is 22.0. The third kappa shape index (κ3) is 8.85. The van der Waals surface area contributed by atoms with E-state index in [1.807, 2.05) is 0 Å². The number of carbonyl (C=O) groups is 4. The lowest BCUT2D eigenvalue weighted by atomic mass is 9.98. The van der Waals surface area contributed by atoms with Gasteiger partial charge in [0.2, 0.25) is 0 Å². The molecule has 0 saturated heterocycles. The van der Waals surface area contributed by atoms with E-state index in [4.69, 9.17) is 15.7 Å². The van der Waals surface area contributed by atoms with Crippen molar-refractivity contribution in [1.82, 2.24) is 19.7 Å². The molecule has 4 rings (SSSR count). The predicted molar refractivity (Wildman–Crippen MR) is 172 cm³/mol. The SMILES string of the molecule is COc1cc(NC(=O)c2ccc(-n3ccnc3)nn2)c(C(=O)O)cc1CCCc1cc(NC(=O)C(=N)/C=C\C=NN=N)c(C(=O)O)cc1F. The molecule has 2 aromatic heterocycles. The number of carboxylic acid groups (broad SMARTS) is 2. The van der Waals surface area contributed by atoms with E-state index in [-0.39, 0.29) is 53.2 Å². The van der Waals surface area contributed by atoms with Gasteiger partial charge in [0.25, 0.3) is 11.8 Å². The first kappa shape index (κ1) is 34.9. The maximum atomic E-state index is 15.0. The van der Waals surface area contributed by atoms with Gasteiger partial charge in [0.1, 0.15) is 23.6 Å². The first-order chi connectivity index (χ1) is 23.5. The Bertz CT molecular complexity index is 1980. The minimum Gasteiger partial charge on any atom is -0.496 e. The van der Waals surface area contributed by atoms with Crippen LogP contribution in [-0.2, 0) is 17.6 Å². The Morgan fingerprint density at radius 2 is 1.71 bits per heavy atom. The summed E-state index contributed by atoms with van der Waals surface area (Å²) in [5, 5.41) is 45.9. The molecule has 2 amide bonds. The highest BCUT2D eigenvalue weighted by Gasteiger charge is 2.21. The molecule has 0 aliphatic rings. The molecule has 0 radical (unpaired) electrons. The fourth-order valence-corrected chi connectivity index (χ4v) is 4.49. The van der Waals surface area contributed by atoms with Crippen molar-refractivity contribution in [3.63, 3.8) is 0 Å². The van der Waals surface area contributed by atoms with E-state index in [2.05, 4.69) is 36.1 Å². The van der Waals surface area contributed by atoms with Crippen molar-refractivity contribution in [3.8, 4) is 11.6 Å². The summed E-state index contributed by atoms with van der Waals surface area (Å²) in [4.78, 5) is 53.2. The van der Waals surface area contributed by atoms with Gasteiger partial charge < -0.3 is 25.6 Å². The van der Waals surface area contributed by atoms with Gasteiger partial charge in [-0.3, -0.25) is 19.6 Å². The second-order valence-electron chi connectivity index (χ2n) is 9.96. The van der Waals surface area contributed by atoms with Crippen LogP contribution in [0.5, 0.6) is 5.75 Å². The van der Waals surface area contributed by atoms with Crippen molar-refractivity contribution in [2.24, 2.45) is 10.3 Å². The Morgan fingerprint density at radius 3 is 2.35 bits per heavy atom. The smallest absolute Gasteiger partial charge is 0.337 e. The summed E-state index contributed by atoms with van der Waals surface area (Å²) in [6.07, 6.45) is 8.43. The van der Waals surface area contributed by atoms with Crippen LogP contribution >= 0.6 is 0 Å². The van der Waals surface area contributed by atoms with Crippen LogP contribution in [0.3, 0.4) is 0 Å². The monoisotopic (exact) mass is 670 g/mol.